The summed E-state index contributed by atoms with van der Waals surface area (Å²) in [6, 6.07) is 7.35. The van der Waals surface area contributed by atoms with Crippen LogP contribution in [0.1, 0.15) is 51.0 Å². The zero-order valence-electron chi connectivity index (χ0n) is 11.0. The third kappa shape index (κ3) is 5.50. The summed E-state index contributed by atoms with van der Waals surface area (Å²) in [5.41, 5.74) is 0.610. The fourth-order valence-corrected chi connectivity index (χ4v) is 2.00. The first-order chi connectivity index (χ1) is 8.75. The summed E-state index contributed by atoms with van der Waals surface area (Å²) in [6.45, 7) is 2.91. The lowest BCUT2D eigenvalue weighted by atomic mass is 10.1. The molecule has 0 aliphatic rings. The van der Waals surface area contributed by atoms with Crippen molar-refractivity contribution in [3.8, 4) is 5.75 Å². The molecule has 0 heterocycles. The molecule has 0 saturated carbocycles. The molecular formula is C15H22O2S. The SMILES string of the molecule is CCCCCCCCOc1ccccc1C(O)=S. The average Bonchev–Trinajstić information content (AvgIpc) is 2.38. The number of ether oxygens (including phenoxy) is 1. The number of hydrogen-bond donors (Lipinski definition) is 1. The van der Waals surface area contributed by atoms with Crippen molar-refractivity contribution in [2.24, 2.45) is 0 Å². The zero-order chi connectivity index (χ0) is 13.2. The molecular weight excluding hydrogens is 244 g/mol. The third-order valence-corrected chi connectivity index (χ3v) is 3.09. The van der Waals surface area contributed by atoms with Gasteiger partial charge < -0.3 is 9.84 Å². The smallest absolute Gasteiger partial charge is 0.192 e. The van der Waals surface area contributed by atoms with E-state index in [0.29, 0.717) is 17.9 Å². The van der Waals surface area contributed by atoms with Crippen LogP contribution in [0.15, 0.2) is 24.3 Å². The Bertz CT molecular complexity index is 363. The predicted octanol–water partition coefficient (Wildman–Crippen LogP) is 4.66. The van der Waals surface area contributed by atoms with E-state index in [2.05, 4.69) is 6.92 Å². The van der Waals surface area contributed by atoms with E-state index < -0.39 is 0 Å². The molecule has 0 aromatic heterocycles. The first-order valence-corrected chi connectivity index (χ1v) is 7.11. The minimum Gasteiger partial charge on any atom is -0.498 e. The monoisotopic (exact) mass is 266 g/mol. The molecule has 1 aromatic carbocycles. The van der Waals surface area contributed by atoms with E-state index in [0.717, 1.165) is 6.42 Å². The summed E-state index contributed by atoms with van der Waals surface area (Å²) in [4.78, 5) is 0. The van der Waals surface area contributed by atoms with Crippen LogP contribution in [0.5, 0.6) is 5.75 Å². The lowest BCUT2D eigenvalue weighted by Crippen LogP contribution is -2.03. The van der Waals surface area contributed by atoms with Gasteiger partial charge in [-0.25, -0.2) is 0 Å². The Morgan fingerprint density at radius 2 is 1.78 bits per heavy atom. The van der Waals surface area contributed by atoms with Crippen molar-refractivity contribution in [1.29, 1.82) is 0 Å². The summed E-state index contributed by atoms with van der Waals surface area (Å²) >= 11 is 4.77. The number of unbranched alkanes of at least 4 members (excludes halogenated alkanes) is 5. The summed E-state index contributed by atoms with van der Waals surface area (Å²) in [5, 5.41) is 9.25. The van der Waals surface area contributed by atoms with Gasteiger partial charge in [0.05, 0.1) is 12.2 Å². The highest BCUT2D eigenvalue weighted by Gasteiger charge is 2.06. The molecule has 0 amide bonds. The third-order valence-electron chi connectivity index (χ3n) is 2.87. The number of hydrogen-bond acceptors (Lipinski definition) is 2. The largest absolute Gasteiger partial charge is 0.498 e. The van der Waals surface area contributed by atoms with Crippen LogP contribution < -0.4 is 4.74 Å². The van der Waals surface area contributed by atoms with Gasteiger partial charge in [-0.2, -0.15) is 0 Å². The molecule has 0 radical (unpaired) electrons. The normalized spacial score (nSPS) is 10.3. The molecule has 0 spiro atoms. The summed E-state index contributed by atoms with van der Waals surface area (Å²) in [5.74, 6) is 0.679. The standard InChI is InChI=1S/C15H22O2S/c1-2-3-4-5-6-9-12-17-14-11-8-7-10-13(14)15(16)18/h7-8,10-11H,2-6,9,12H2,1H3,(H,16,18). The molecule has 0 saturated heterocycles. The second-order valence-electron chi connectivity index (χ2n) is 4.42. The topological polar surface area (TPSA) is 29.5 Å². The number of para-hydroxylation sites is 1. The lowest BCUT2D eigenvalue weighted by molar-refractivity contribution is 0.303. The van der Waals surface area contributed by atoms with Crippen LogP contribution in [-0.4, -0.2) is 16.8 Å². The van der Waals surface area contributed by atoms with Crippen molar-refractivity contribution in [3.63, 3.8) is 0 Å². The van der Waals surface area contributed by atoms with Crippen molar-refractivity contribution in [1.82, 2.24) is 0 Å². The van der Waals surface area contributed by atoms with Gasteiger partial charge in [-0.1, -0.05) is 51.2 Å². The fourth-order valence-electron chi connectivity index (χ4n) is 1.83. The van der Waals surface area contributed by atoms with Crippen molar-refractivity contribution in [2.45, 2.75) is 45.4 Å². The number of aliphatic hydroxyl groups is 1. The zero-order valence-corrected chi connectivity index (χ0v) is 11.8. The Morgan fingerprint density at radius 1 is 1.11 bits per heavy atom. The molecule has 1 rings (SSSR count). The molecule has 100 valence electrons. The van der Waals surface area contributed by atoms with Gasteiger partial charge in [0.15, 0.2) is 5.05 Å². The van der Waals surface area contributed by atoms with Crippen LogP contribution in [0.25, 0.3) is 0 Å². The average molecular weight is 266 g/mol. The van der Waals surface area contributed by atoms with Crippen LogP contribution in [0, 0.1) is 0 Å². The molecule has 0 unspecified atom stereocenters. The van der Waals surface area contributed by atoms with E-state index in [1.165, 1.54) is 32.1 Å². The number of aliphatic hydroxyl groups excluding tert-OH is 1. The molecule has 2 nitrogen and oxygen atoms in total. The highest BCUT2D eigenvalue weighted by molar-refractivity contribution is 7.80. The maximum Gasteiger partial charge on any atom is 0.192 e. The molecule has 3 heteroatoms. The van der Waals surface area contributed by atoms with E-state index in [1.54, 1.807) is 6.07 Å². The maximum absolute atomic E-state index is 9.36. The van der Waals surface area contributed by atoms with Crippen LogP contribution in [0.3, 0.4) is 0 Å². The lowest BCUT2D eigenvalue weighted by Gasteiger charge is -2.09. The molecule has 0 aliphatic carbocycles. The Hall–Kier alpha value is -1.09. The number of thiocarbonyl (C=S) groups is 1. The van der Waals surface area contributed by atoms with Gasteiger partial charge in [0.2, 0.25) is 0 Å². The highest BCUT2D eigenvalue weighted by atomic mass is 32.1. The van der Waals surface area contributed by atoms with Crippen molar-refractivity contribution in [2.75, 3.05) is 6.61 Å². The molecule has 0 bridgehead atoms. The maximum atomic E-state index is 9.36. The van der Waals surface area contributed by atoms with Gasteiger partial charge in [-0.05, 0) is 30.8 Å². The van der Waals surface area contributed by atoms with E-state index in [-0.39, 0.29) is 5.05 Å². The number of benzene rings is 1. The van der Waals surface area contributed by atoms with Gasteiger partial charge in [0, 0.05) is 0 Å². The quantitative estimate of drug-likeness (QED) is 0.520. The molecule has 0 fully saturated rings. The summed E-state index contributed by atoms with van der Waals surface area (Å²) in [7, 11) is 0. The Balaban J connectivity index is 2.25. The Kier molecular flexibility index (Phi) is 7.42. The minimum atomic E-state index is -0.103. The van der Waals surface area contributed by atoms with Gasteiger partial charge in [-0.3, -0.25) is 0 Å². The molecule has 0 aliphatic heterocycles. The number of rotatable bonds is 9. The van der Waals surface area contributed by atoms with E-state index in [1.807, 2.05) is 18.2 Å². The molecule has 1 N–H and O–H groups in total. The van der Waals surface area contributed by atoms with Crippen molar-refractivity contribution < 1.29 is 9.84 Å². The summed E-state index contributed by atoms with van der Waals surface area (Å²) in [6.07, 6.45) is 7.44. The van der Waals surface area contributed by atoms with Crippen LogP contribution in [-0.2, 0) is 0 Å². The summed E-state index contributed by atoms with van der Waals surface area (Å²) < 4.78 is 5.66. The Labute approximate surface area is 115 Å². The van der Waals surface area contributed by atoms with E-state index in [4.69, 9.17) is 17.0 Å². The van der Waals surface area contributed by atoms with E-state index in [9.17, 15) is 5.11 Å². The molecule has 0 atom stereocenters. The van der Waals surface area contributed by atoms with Crippen LogP contribution >= 0.6 is 12.2 Å². The predicted molar refractivity (Wildman–Crippen MR) is 79.6 cm³/mol. The fraction of sp³-hybridized carbons (Fsp3) is 0.533. The first-order valence-electron chi connectivity index (χ1n) is 6.70. The minimum absolute atomic E-state index is 0.103. The van der Waals surface area contributed by atoms with Gasteiger partial charge in [-0.15, -0.1) is 0 Å². The van der Waals surface area contributed by atoms with Crippen molar-refractivity contribution >= 4 is 17.3 Å². The van der Waals surface area contributed by atoms with Crippen molar-refractivity contribution in [3.05, 3.63) is 29.8 Å². The highest BCUT2D eigenvalue weighted by Crippen LogP contribution is 2.18. The van der Waals surface area contributed by atoms with E-state index >= 15 is 0 Å². The second-order valence-corrected chi connectivity index (χ2v) is 4.80. The Morgan fingerprint density at radius 3 is 2.50 bits per heavy atom. The van der Waals surface area contributed by atoms with Gasteiger partial charge >= 0.3 is 0 Å². The first kappa shape index (κ1) is 15.0. The van der Waals surface area contributed by atoms with Crippen LogP contribution in [0.4, 0.5) is 0 Å². The molecule has 18 heavy (non-hydrogen) atoms. The molecule has 1 aromatic rings. The van der Waals surface area contributed by atoms with Gasteiger partial charge in [0.1, 0.15) is 5.75 Å². The van der Waals surface area contributed by atoms with Gasteiger partial charge in [0.25, 0.3) is 0 Å². The second kappa shape index (κ2) is 8.92. The van der Waals surface area contributed by atoms with Crippen LogP contribution in [0.2, 0.25) is 0 Å².